The Morgan fingerprint density at radius 2 is 2.16 bits per heavy atom. The van der Waals surface area contributed by atoms with Crippen molar-refractivity contribution in [3.05, 3.63) is 36.0 Å². The zero-order chi connectivity index (χ0) is 14.0. The molecule has 1 aromatic heterocycles. The van der Waals surface area contributed by atoms with Crippen molar-refractivity contribution in [2.75, 3.05) is 6.54 Å². The quantitative estimate of drug-likeness (QED) is 0.879. The number of aromatic nitrogens is 1. The molecule has 1 unspecified atom stereocenters. The molecule has 0 saturated carbocycles. The minimum atomic E-state index is -3.59. The lowest BCUT2D eigenvalue weighted by atomic mass is 10.2. The van der Waals surface area contributed by atoms with E-state index in [0.717, 1.165) is 10.9 Å². The van der Waals surface area contributed by atoms with Crippen LogP contribution in [-0.2, 0) is 10.0 Å². The van der Waals surface area contributed by atoms with Gasteiger partial charge in [-0.3, -0.25) is 4.98 Å². The monoisotopic (exact) mass is 279 g/mol. The van der Waals surface area contributed by atoms with E-state index in [-0.39, 0.29) is 17.5 Å². The predicted octanol–water partition coefficient (Wildman–Crippen LogP) is 1.17. The minimum Gasteiger partial charge on any atom is -0.327 e. The van der Waals surface area contributed by atoms with Gasteiger partial charge in [0.05, 0.1) is 5.52 Å². The number of nitrogens with two attached hydrogens (primary N) is 1. The molecule has 1 aromatic carbocycles. The molecular weight excluding hydrogens is 262 g/mol. The second-order valence-corrected chi connectivity index (χ2v) is 6.41. The van der Waals surface area contributed by atoms with Gasteiger partial charge in [-0.25, -0.2) is 13.1 Å². The van der Waals surface area contributed by atoms with E-state index >= 15 is 0 Å². The molecule has 0 saturated heterocycles. The highest BCUT2D eigenvalue weighted by atomic mass is 32.2. The van der Waals surface area contributed by atoms with Crippen LogP contribution in [0.3, 0.4) is 0 Å². The lowest BCUT2D eigenvalue weighted by Gasteiger charge is -2.10. The van der Waals surface area contributed by atoms with Crippen LogP contribution >= 0.6 is 0 Å². The first-order valence-electron chi connectivity index (χ1n) is 6.01. The summed E-state index contributed by atoms with van der Waals surface area (Å²) in [4.78, 5) is 4.41. The first-order chi connectivity index (χ1) is 8.90. The van der Waals surface area contributed by atoms with Crippen molar-refractivity contribution in [3.8, 4) is 0 Å². The Bertz CT molecular complexity index is 696. The summed E-state index contributed by atoms with van der Waals surface area (Å²) in [6.07, 6.45) is 1.66. The Balaban J connectivity index is 2.50. The molecule has 1 atom stereocenters. The Morgan fingerprint density at radius 3 is 2.84 bits per heavy atom. The number of nitrogens with one attached hydrogen (secondary N) is 1. The van der Waals surface area contributed by atoms with Gasteiger partial charge in [-0.2, -0.15) is 0 Å². The molecule has 5 nitrogen and oxygen atoms in total. The van der Waals surface area contributed by atoms with Crippen LogP contribution in [0.15, 0.2) is 35.4 Å². The van der Waals surface area contributed by atoms with E-state index in [4.69, 9.17) is 5.73 Å². The van der Waals surface area contributed by atoms with Crippen LogP contribution in [0.25, 0.3) is 10.9 Å². The number of sulfonamides is 1. The summed E-state index contributed by atoms with van der Waals surface area (Å²) in [7, 11) is -3.59. The van der Waals surface area contributed by atoms with E-state index in [0.29, 0.717) is 5.52 Å². The molecule has 0 bridgehead atoms. The van der Waals surface area contributed by atoms with Crippen LogP contribution in [-0.4, -0.2) is 26.0 Å². The van der Waals surface area contributed by atoms with Crippen LogP contribution in [0.2, 0.25) is 0 Å². The van der Waals surface area contributed by atoms with Gasteiger partial charge in [0.1, 0.15) is 4.90 Å². The van der Waals surface area contributed by atoms with Gasteiger partial charge < -0.3 is 5.73 Å². The number of hydrogen-bond donors (Lipinski definition) is 2. The summed E-state index contributed by atoms with van der Waals surface area (Å²) >= 11 is 0. The summed E-state index contributed by atoms with van der Waals surface area (Å²) < 4.78 is 26.9. The molecule has 0 aliphatic carbocycles. The summed E-state index contributed by atoms with van der Waals surface area (Å²) in [5, 5.41) is 0.809. The highest BCUT2D eigenvalue weighted by molar-refractivity contribution is 7.89. The Kier molecular flexibility index (Phi) is 3.84. The lowest BCUT2D eigenvalue weighted by Crippen LogP contribution is -2.35. The normalized spacial score (nSPS) is 13.6. The van der Waals surface area contributed by atoms with E-state index in [2.05, 4.69) is 9.71 Å². The van der Waals surface area contributed by atoms with E-state index < -0.39 is 10.0 Å². The number of nitrogens with zero attached hydrogens (tertiary/aromatic N) is 1. The molecule has 2 aromatic rings. The molecule has 1 heterocycles. The van der Waals surface area contributed by atoms with Crippen LogP contribution in [0, 0.1) is 6.92 Å². The van der Waals surface area contributed by atoms with Gasteiger partial charge in [-0.15, -0.1) is 0 Å². The minimum absolute atomic E-state index is 0.186. The smallest absolute Gasteiger partial charge is 0.242 e. The Morgan fingerprint density at radius 1 is 1.42 bits per heavy atom. The van der Waals surface area contributed by atoms with Gasteiger partial charge in [-0.1, -0.05) is 12.1 Å². The average Bonchev–Trinajstić information content (AvgIpc) is 2.35. The van der Waals surface area contributed by atoms with Crippen molar-refractivity contribution in [3.63, 3.8) is 0 Å². The Labute approximate surface area is 112 Å². The molecule has 3 N–H and O–H groups in total. The number of rotatable bonds is 4. The standard InChI is InChI=1S/C13H17N3O2S/c1-9-6-11-4-3-5-12(13(11)15-7-9)19(17,18)16-8-10(2)14/h3-7,10,16H,8,14H2,1-2H3. The fourth-order valence-electron chi connectivity index (χ4n) is 1.78. The number of pyridine rings is 1. The summed E-state index contributed by atoms with van der Waals surface area (Å²) in [5.74, 6) is 0. The van der Waals surface area contributed by atoms with E-state index in [1.165, 1.54) is 0 Å². The van der Waals surface area contributed by atoms with Crippen molar-refractivity contribution in [1.29, 1.82) is 0 Å². The molecule has 19 heavy (non-hydrogen) atoms. The number of para-hydroxylation sites is 1. The first-order valence-corrected chi connectivity index (χ1v) is 7.49. The lowest BCUT2D eigenvalue weighted by molar-refractivity contribution is 0.574. The van der Waals surface area contributed by atoms with Gasteiger partial charge >= 0.3 is 0 Å². The highest BCUT2D eigenvalue weighted by Gasteiger charge is 2.18. The second kappa shape index (κ2) is 5.24. The largest absolute Gasteiger partial charge is 0.327 e. The first kappa shape index (κ1) is 13.9. The van der Waals surface area contributed by atoms with Crippen LogP contribution in [0.4, 0.5) is 0 Å². The zero-order valence-electron chi connectivity index (χ0n) is 10.9. The van der Waals surface area contributed by atoms with Gasteiger partial charge in [0.2, 0.25) is 10.0 Å². The Hall–Kier alpha value is -1.50. The van der Waals surface area contributed by atoms with Gasteiger partial charge in [0.25, 0.3) is 0 Å². The summed E-state index contributed by atoms with van der Waals surface area (Å²) in [6.45, 7) is 3.86. The van der Waals surface area contributed by atoms with E-state index in [9.17, 15) is 8.42 Å². The average molecular weight is 279 g/mol. The van der Waals surface area contributed by atoms with Crippen molar-refractivity contribution in [2.45, 2.75) is 24.8 Å². The highest BCUT2D eigenvalue weighted by Crippen LogP contribution is 2.21. The molecular formula is C13H17N3O2S. The number of aryl methyl sites for hydroxylation is 1. The van der Waals surface area contributed by atoms with Crippen molar-refractivity contribution < 1.29 is 8.42 Å². The molecule has 0 fully saturated rings. The maximum atomic E-state index is 12.2. The summed E-state index contributed by atoms with van der Waals surface area (Å²) in [5.41, 5.74) is 7.04. The maximum Gasteiger partial charge on any atom is 0.242 e. The molecule has 0 aliphatic heterocycles. The van der Waals surface area contributed by atoms with Gasteiger partial charge in [-0.05, 0) is 31.5 Å². The third-order valence-corrected chi connectivity index (χ3v) is 4.15. The topological polar surface area (TPSA) is 85.1 Å². The van der Waals surface area contributed by atoms with Crippen LogP contribution < -0.4 is 10.5 Å². The summed E-state index contributed by atoms with van der Waals surface area (Å²) in [6, 6.07) is 6.78. The van der Waals surface area contributed by atoms with E-state index in [1.54, 1.807) is 25.3 Å². The third-order valence-electron chi connectivity index (χ3n) is 2.70. The second-order valence-electron chi connectivity index (χ2n) is 4.67. The molecule has 0 amide bonds. The molecule has 0 spiro atoms. The fraction of sp³-hybridized carbons (Fsp3) is 0.308. The molecule has 6 heteroatoms. The van der Waals surface area contributed by atoms with Gasteiger partial charge in [0.15, 0.2) is 0 Å². The van der Waals surface area contributed by atoms with Gasteiger partial charge in [0, 0.05) is 24.2 Å². The molecule has 2 rings (SSSR count). The van der Waals surface area contributed by atoms with E-state index in [1.807, 2.05) is 19.1 Å². The number of benzene rings is 1. The molecule has 102 valence electrons. The van der Waals surface area contributed by atoms with Crippen molar-refractivity contribution in [1.82, 2.24) is 9.71 Å². The van der Waals surface area contributed by atoms with Crippen molar-refractivity contribution >= 4 is 20.9 Å². The number of fused-ring (bicyclic) bond motifs is 1. The predicted molar refractivity (Wildman–Crippen MR) is 75.3 cm³/mol. The SMILES string of the molecule is Cc1cnc2c(S(=O)(=O)NCC(C)N)cccc2c1. The maximum absolute atomic E-state index is 12.2. The van der Waals surface area contributed by atoms with Crippen LogP contribution in [0.5, 0.6) is 0 Å². The number of hydrogen-bond acceptors (Lipinski definition) is 4. The van der Waals surface area contributed by atoms with Crippen molar-refractivity contribution in [2.24, 2.45) is 5.73 Å². The van der Waals surface area contributed by atoms with Crippen LogP contribution in [0.1, 0.15) is 12.5 Å². The molecule has 0 aliphatic rings. The molecule has 0 radical (unpaired) electrons. The third kappa shape index (κ3) is 3.09. The zero-order valence-corrected chi connectivity index (χ0v) is 11.7. The fourth-order valence-corrected chi connectivity index (χ4v) is 3.10.